The SMILES string of the molecule is CCCNC(c1ccc(C)s1)c1ccc(Br)cc1OC. The number of benzene rings is 1. The van der Waals surface area contributed by atoms with Gasteiger partial charge < -0.3 is 10.1 Å². The maximum Gasteiger partial charge on any atom is 0.125 e. The van der Waals surface area contributed by atoms with E-state index in [0.29, 0.717) is 0 Å². The first-order chi connectivity index (χ1) is 9.65. The van der Waals surface area contributed by atoms with Crippen LogP contribution >= 0.6 is 27.3 Å². The third-order valence-corrected chi connectivity index (χ3v) is 4.71. The Hall–Kier alpha value is -0.840. The van der Waals surface area contributed by atoms with Crippen LogP contribution in [0.3, 0.4) is 0 Å². The quantitative estimate of drug-likeness (QED) is 0.795. The highest BCUT2D eigenvalue weighted by atomic mass is 79.9. The van der Waals surface area contributed by atoms with Crippen molar-refractivity contribution in [1.82, 2.24) is 5.32 Å². The Kier molecular flexibility index (Phi) is 5.64. The van der Waals surface area contributed by atoms with Gasteiger partial charge in [0.05, 0.1) is 13.2 Å². The van der Waals surface area contributed by atoms with Gasteiger partial charge in [0.1, 0.15) is 5.75 Å². The molecule has 2 rings (SSSR count). The minimum Gasteiger partial charge on any atom is -0.496 e. The molecule has 0 radical (unpaired) electrons. The van der Waals surface area contributed by atoms with Crippen molar-refractivity contribution >= 4 is 27.3 Å². The molecule has 2 nitrogen and oxygen atoms in total. The van der Waals surface area contributed by atoms with Gasteiger partial charge in [-0.05, 0) is 44.2 Å². The predicted molar refractivity (Wildman–Crippen MR) is 89.9 cm³/mol. The number of hydrogen-bond donors (Lipinski definition) is 1. The van der Waals surface area contributed by atoms with Gasteiger partial charge in [0.2, 0.25) is 0 Å². The summed E-state index contributed by atoms with van der Waals surface area (Å²) >= 11 is 5.34. The van der Waals surface area contributed by atoms with Gasteiger partial charge in [0, 0.05) is 19.8 Å². The molecule has 1 heterocycles. The molecule has 0 spiro atoms. The normalized spacial score (nSPS) is 12.4. The van der Waals surface area contributed by atoms with Gasteiger partial charge in [-0.2, -0.15) is 0 Å². The zero-order valence-corrected chi connectivity index (χ0v) is 14.5. The molecule has 4 heteroatoms. The Labute approximate surface area is 133 Å². The number of aryl methyl sites for hydroxylation is 1. The van der Waals surface area contributed by atoms with Crippen LogP contribution in [-0.2, 0) is 0 Å². The Balaban J connectivity index is 2.40. The van der Waals surface area contributed by atoms with Crippen LogP contribution in [-0.4, -0.2) is 13.7 Å². The molecule has 1 aromatic carbocycles. The monoisotopic (exact) mass is 353 g/mol. The van der Waals surface area contributed by atoms with E-state index in [2.05, 4.69) is 59.4 Å². The molecule has 0 saturated heterocycles. The molecule has 1 N–H and O–H groups in total. The molecule has 0 fully saturated rings. The van der Waals surface area contributed by atoms with Crippen LogP contribution in [0.15, 0.2) is 34.8 Å². The van der Waals surface area contributed by atoms with Crippen LogP contribution in [0, 0.1) is 6.92 Å². The minimum atomic E-state index is 0.191. The van der Waals surface area contributed by atoms with Crippen molar-refractivity contribution in [2.24, 2.45) is 0 Å². The molecular formula is C16H20BrNOS. The molecule has 0 amide bonds. The molecule has 0 bridgehead atoms. The molecule has 2 aromatic rings. The smallest absolute Gasteiger partial charge is 0.125 e. The van der Waals surface area contributed by atoms with E-state index < -0.39 is 0 Å². The first kappa shape index (κ1) is 15.5. The summed E-state index contributed by atoms with van der Waals surface area (Å²) in [7, 11) is 1.72. The van der Waals surface area contributed by atoms with Crippen molar-refractivity contribution in [2.75, 3.05) is 13.7 Å². The van der Waals surface area contributed by atoms with Gasteiger partial charge in [-0.25, -0.2) is 0 Å². The molecule has 20 heavy (non-hydrogen) atoms. The van der Waals surface area contributed by atoms with Crippen molar-refractivity contribution in [3.05, 3.63) is 50.1 Å². The van der Waals surface area contributed by atoms with Crippen LogP contribution in [0.4, 0.5) is 0 Å². The Morgan fingerprint density at radius 3 is 2.70 bits per heavy atom. The van der Waals surface area contributed by atoms with Gasteiger partial charge in [-0.15, -0.1) is 11.3 Å². The number of nitrogens with one attached hydrogen (secondary N) is 1. The lowest BCUT2D eigenvalue weighted by atomic mass is 10.0. The number of halogens is 1. The van der Waals surface area contributed by atoms with E-state index >= 15 is 0 Å². The van der Waals surface area contributed by atoms with E-state index in [1.807, 2.05) is 17.4 Å². The fraction of sp³-hybridized carbons (Fsp3) is 0.375. The van der Waals surface area contributed by atoms with Crippen LogP contribution in [0.2, 0.25) is 0 Å². The first-order valence-corrected chi connectivity index (χ1v) is 8.39. The zero-order valence-electron chi connectivity index (χ0n) is 12.1. The highest BCUT2D eigenvalue weighted by molar-refractivity contribution is 9.10. The third-order valence-electron chi connectivity index (χ3n) is 3.15. The lowest BCUT2D eigenvalue weighted by Crippen LogP contribution is -2.22. The lowest BCUT2D eigenvalue weighted by Gasteiger charge is -2.20. The summed E-state index contributed by atoms with van der Waals surface area (Å²) in [5.41, 5.74) is 1.19. The topological polar surface area (TPSA) is 21.3 Å². The second-order valence-electron chi connectivity index (χ2n) is 4.72. The Morgan fingerprint density at radius 1 is 1.30 bits per heavy atom. The van der Waals surface area contributed by atoms with E-state index in [9.17, 15) is 0 Å². The highest BCUT2D eigenvalue weighted by Crippen LogP contribution is 2.35. The maximum atomic E-state index is 5.55. The third kappa shape index (κ3) is 3.62. The van der Waals surface area contributed by atoms with E-state index in [4.69, 9.17) is 4.74 Å². The van der Waals surface area contributed by atoms with E-state index in [1.54, 1.807) is 7.11 Å². The first-order valence-electron chi connectivity index (χ1n) is 6.79. The molecule has 1 unspecified atom stereocenters. The average Bonchev–Trinajstić information content (AvgIpc) is 2.87. The molecule has 1 atom stereocenters. The van der Waals surface area contributed by atoms with E-state index in [1.165, 1.54) is 15.3 Å². The van der Waals surface area contributed by atoms with Crippen molar-refractivity contribution in [1.29, 1.82) is 0 Å². The van der Waals surface area contributed by atoms with Crippen molar-refractivity contribution < 1.29 is 4.74 Å². The lowest BCUT2D eigenvalue weighted by molar-refractivity contribution is 0.404. The number of hydrogen-bond acceptors (Lipinski definition) is 3. The van der Waals surface area contributed by atoms with Gasteiger partial charge in [-0.1, -0.05) is 28.9 Å². The molecule has 108 valence electrons. The summed E-state index contributed by atoms with van der Waals surface area (Å²) in [5.74, 6) is 0.916. The van der Waals surface area contributed by atoms with Crippen molar-refractivity contribution in [3.8, 4) is 5.75 Å². The minimum absolute atomic E-state index is 0.191. The maximum absolute atomic E-state index is 5.55. The van der Waals surface area contributed by atoms with Crippen molar-refractivity contribution in [2.45, 2.75) is 26.3 Å². The molecule has 1 aromatic heterocycles. The summed E-state index contributed by atoms with van der Waals surface area (Å²) in [6.45, 7) is 5.31. The van der Waals surface area contributed by atoms with Gasteiger partial charge in [0.25, 0.3) is 0 Å². The number of thiophene rings is 1. The summed E-state index contributed by atoms with van der Waals surface area (Å²) in [6.07, 6.45) is 1.11. The van der Waals surface area contributed by atoms with E-state index in [-0.39, 0.29) is 6.04 Å². The standard InChI is InChI=1S/C16H20BrNOS/c1-4-9-18-16(15-8-5-11(2)20-15)13-7-6-12(17)10-14(13)19-3/h5-8,10,16,18H,4,9H2,1-3H3. The largest absolute Gasteiger partial charge is 0.496 e. The van der Waals surface area contributed by atoms with Crippen LogP contribution in [0.25, 0.3) is 0 Å². The summed E-state index contributed by atoms with van der Waals surface area (Å²) in [5, 5.41) is 3.62. The number of ether oxygens (including phenoxy) is 1. The summed E-state index contributed by atoms with van der Waals surface area (Å²) in [6, 6.07) is 10.8. The Bertz CT molecular complexity index is 567. The Morgan fingerprint density at radius 2 is 2.10 bits per heavy atom. The van der Waals surface area contributed by atoms with Crippen LogP contribution in [0.1, 0.15) is 34.7 Å². The van der Waals surface area contributed by atoms with Crippen LogP contribution < -0.4 is 10.1 Å². The molecule has 0 aliphatic heterocycles. The van der Waals surface area contributed by atoms with E-state index in [0.717, 1.165) is 23.2 Å². The fourth-order valence-corrected chi connectivity index (χ4v) is 3.50. The second-order valence-corrected chi connectivity index (χ2v) is 6.96. The average molecular weight is 354 g/mol. The van der Waals surface area contributed by atoms with Crippen molar-refractivity contribution in [3.63, 3.8) is 0 Å². The summed E-state index contributed by atoms with van der Waals surface area (Å²) < 4.78 is 6.59. The second kappa shape index (κ2) is 7.25. The van der Waals surface area contributed by atoms with Gasteiger partial charge in [-0.3, -0.25) is 0 Å². The van der Waals surface area contributed by atoms with Gasteiger partial charge in [0.15, 0.2) is 0 Å². The zero-order chi connectivity index (χ0) is 14.5. The molecule has 0 aliphatic carbocycles. The van der Waals surface area contributed by atoms with Gasteiger partial charge >= 0.3 is 0 Å². The number of rotatable bonds is 6. The molecule has 0 saturated carbocycles. The van der Waals surface area contributed by atoms with Crippen LogP contribution in [0.5, 0.6) is 5.75 Å². The predicted octanol–water partition coefficient (Wildman–Crippen LogP) is 4.92. The molecular weight excluding hydrogens is 334 g/mol. The summed E-state index contributed by atoms with van der Waals surface area (Å²) in [4.78, 5) is 2.66. The number of methoxy groups -OCH3 is 1. The molecule has 0 aliphatic rings. The fourth-order valence-electron chi connectivity index (χ4n) is 2.18. The highest BCUT2D eigenvalue weighted by Gasteiger charge is 2.19.